The first-order valence-corrected chi connectivity index (χ1v) is 10.9. The number of nitrogens with one attached hydrogen (secondary N) is 1. The van der Waals surface area contributed by atoms with Crippen LogP contribution in [0.3, 0.4) is 0 Å². The van der Waals surface area contributed by atoms with Gasteiger partial charge in [-0.05, 0) is 62.0 Å². The number of amides is 2. The highest BCUT2D eigenvalue weighted by Gasteiger charge is 2.31. The summed E-state index contributed by atoms with van der Waals surface area (Å²) in [6.45, 7) is 7.66. The Morgan fingerprint density at radius 2 is 1.94 bits per heavy atom. The van der Waals surface area contributed by atoms with Crippen LogP contribution in [-0.4, -0.2) is 49.4 Å². The third-order valence-electron chi connectivity index (χ3n) is 5.15. The van der Waals surface area contributed by atoms with E-state index < -0.39 is 0 Å². The predicted molar refractivity (Wildman–Crippen MR) is 124 cm³/mol. The molecule has 1 aliphatic heterocycles. The maximum atomic E-state index is 13.1. The normalized spacial score (nSPS) is 14.5. The predicted octanol–water partition coefficient (Wildman–Crippen LogP) is 3.95. The molecule has 7 heteroatoms. The summed E-state index contributed by atoms with van der Waals surface area (Å²) in [6, 6.07) is 14.4. The third-order valence-corrected chi connectivity index (χ3v) is 5.38. The molecule has 1 aliphatic rings. The first kappa shape index (κ1) is 22.8. The van der Waals surface area contributed by atoms with E-state index >= 15 is 0 Å². The van der Waals surface area contributed by atoms with Gasteiger partial charge in [0.1, 0.15) is 6.54 Å². The van der Waals surface area contributed by atoms with E-state index in [4.69, 9.17) is 16.3 Å². The maximum Gasteiger partial charge on any atom is 0.294 e. The number of carbonyl (C=O) groups is 2. The van der Waals surface area contributed by atoms with Crippen molar-refractivity contribution in [3.63, 3.8) is 0 Å². The number of anilines is 1. The summed E-state index contributed by atoms with van der Waals surface area (Å²) in [7, 11) is 0. The molecule has 0 radical (unpaired) electrons. The van der Waals surface area contributed by atoms with Gasteiger partial charge in [0, 0.05) is 11.6 Å². The number of benzene rings is 2. The summed E-state index contributed by atoms with van der Waals surface area (Å²) in [5, 5.41) is 3.49. The van der Waals surface area contributed by atoms with E-state index in [-0.39, 0.29) is 24.1 Å². The van der Waals surface area contributed by atoms with E-state index in [0.29, 0.717) is 23.0 Å². The van der Waals surface area contributed by atoms with Gasteiger partial charge >= 0.3 is 0 Å². The summed E-state index contributed by atoms with van der Waals surface area (Å²) in [5.41, 5.74) is 1.32. The van der Waals surface area contributed by atoms with Crippen LogP contribution in [-0.2, 0) is 9.59 Å². The monoisotopic (exact) mass is 441 g/mol. The van der Waals surface area contributed by atoms with Gasteiger partial charge in [0.25, 0.3) is 5.91 Å². The molecular formula is C24H28ClN3O3. The fourth-order valence-electron chi connectivity index (χ4n) is 3.44. The van der Waals surface area contributed by atoms with E-state index in [0.717, 1.165) is 31.6 Å². The van der Waals surface area contributed by atoms with Crippen molar-refractivity contribution >= 4 is 35.2 Å². The molecule has 0 aromatic heterocycles. The number of hydrogen-bond acceptors (Lipinski definition) is 4. The molecule has 3 rings (SSSR count). The SMILES string of the molecule is CCN(CC)CCCNC(=O)CN1C(=O)/C(=C\c2cccc(Cl)c2)Oc2ccccc21. The average molecular weight is 442 g/mol. The van der Waals surface area contributed by atoms with Crippen molar-refractivity contribution in [3.8, 4) is 5.75 Å². The van der Waals surface area contributed by atoms with Gasteiger partial charge in [-0.15, -0.1) is 0 Å². The number of hydrogen-bond donors (Lipinski definition) is 1. The molecule has 0 saturated carbocycles. The van der Waals surface area contributed by atoms with Gasteiger partial charge in [-0.3, -0.25) is 14.5 Å². The zero-order valence-electron chi connectivity index (χ0n) is 17.9. The van der Waals surface area contributed by atoms with Gasteiger partial charge in [0.05, 0.1) is 5.69 Å². The zero-order chi connectivity index (χ0) is 22.2. The molecule has 31 heavy (non-hydrogen) atoms. The van der Waals surface area contributed by atoms with Crippen LogP contribution in [0.15, 0.2) is 54.3 Å². The van der Waals surface area contributed by atoms with E-state index in [1.54, 1.807) is 36.4 Å². The summed E-state index contributed by atoms with van der Waals surface area (Å²) < 4.78 is 5.84. The molecule has 6 nitrogen and oxygen atoms in total. The minimum absolute atomic E-state index is 0.0721. The van der Waals surface area contributed by atoms with Crippen LogP contribution in [0.1, 0.15) is 25.8 Å². The summed E-state index contributed by atoms with van der Waals surface area (Å²) in [5.74, 6) is 0.115. The number of para-hydroxylation sites is 2. The van der Waals surface area contributed by atoms with Crippen LogP contribution in [0.5, 0.6) is 5.75 Å². The van der Waals surface area contributed by atoms with Gasteiger partial charge in [-0.1, -0.05) is 49.7 Å². The Balaban J connectivity index is 1.71. The van der Waals surface area contributed by atoms with Crippen molar-refractivity contribution in [2.75, 3.05) is 37.6 Å². The lowest BCUT2D eigenvalue weighted by atomic mass is 10.1. The highest BCUT2D eigenvalue weighted by Crippen LogP contribution is 2.35. The lowest BCUT2D eigenvalue weighted by Gasteiger charge is -2.30. The largest absolute Gasteiger partial charge is 0.449 e. The molecule has 2 amide bonds. The first-order valence-electron chi connectivity index (χ1n) is 10.6. The molecule has 0 unspecified atom stereocenters. The lowest BCUT2D eigenvalue weighted by molar-refractivity contribution is -0.123. The second kappa shape index (κ2) is 11.0. The van der Waals surface area contributed by atoms with Crippen molar-refractivity contribution in [2.45, 2.75) is 20.3 Å². The van der Waals surface area contributed by atoms with E-state index in [2.05, 4.69) is 24.1 Å². The van der Waals surface area contributed by atoms with E-state index in [1.807, 2.05) is 18.2 Å². The molecule has 1 heterocycles. The Kier molecular flexibility index (Phi) is 8.09. The molecule has 2 aromatic rings. The Morgan fingerprint density at radius 3 is 2.68 bits per heavy atom. The van der Waals surface area contributed by atoms with Crippen molar-refractivity contribution in [1.82, 2.24) is 10.2 Å². The topological polar surface area (TPSA) is 61.9 Å². The van der Waals surface area contributed by atoms with Gasteiger partial charge in [0.15, 0.2) is 11.5 Å². The van der Waals surface area contributed by atoms with Crippen LogP contribution < -0.4 is 15.0 Å². The second-order valence-electron chi connectivity index (χ2n) is 7.26. The van der Waals surface area contributed by atoms with E-state index in [1.165, 1.54) is 4.90 Å². The number of carbonyl (C=O) groups excluding carboxylic acids is 2. The zero-order valence-corrected chi connectivity index (χ0v) is 18.7. The lowest BCUT2D eigenvalue weighted by Crippen LogP contribution is -2.44. The number of halogens is 1. The number of rotatable bonds is 9. The standard InChI is InChI=1S/C24H28ClN3O3/c1-3-27(4-2)14-8-13-26-23(29)17-28-20-11-5-6-12-21(20)31-22(24(28)30)16-18-9-7-10-19(25)15-18/h5-7,9-12,15-16H,3-4,8,13-14,17H2,1-2H3,(H,26,29)/b22-16+. The minimum atomic E-state index is -0.364. The van der Waals surface area contributed by atoms with Crippen LogP contribution in [0, 0.1) is 0 Å². The van der Waals surface area contributed by atoms with Crippen molar-refractivity contribution in [3.05, 3.63) is 64.9 Å². The van der Waals surface area contributed by atoms with Gasteiger partial charge in [-0.2, -0.15) is 0 Å². The number of fused-ring (bicyclic) bond motifs is 1. The first-order chi connectivity index (χ1) is 15.0. The molecule has 0 bridgehead atoms. The maximum absolute atomic E-state index is 13.1. The third kappa shape index (κ3) is 6.09. The van der Waals surface area contributed by atoms with Gasteiger partial charge in [0.2, 0.25) is 5.91 Å². The fraction of sp³-hybridized carbons (Fsp3) is 0.333. The average Bonchev–Trinajstić information content (AvgIpc) is 2.77. The second-order valence-corrected chi connectivity index (χ2v) is 7.69. The molecule has 2 aromatic carbocycles. The van der Waals surface area contributed by atoms with Crippen LogP contribution in [0.25, 0.3) is 6.08 Å². The number of nitrogens with zero attached hydrogens (tertiary/aromatic N) is 2. The van der Waals surface area contributed by atoms with Gasteiger partial charge < -0.3 is 15.0 Å². The summed E-state index contributed by atoms with van der Waals surface area (Å²) in [4.78, 5) is 29.4. The highest BCUT2D eigenvalue weighted by atomic mass is 35.5. The van der Waals surface area contributed by atoms with Crippen LogP contribution >= 0.6 is 11.6 Å². The molecule has 1 N–H and O–H groups in total. The quantitative estimate of drug-likeness (QED) is 0.472. The van der Waals surface area contributed by atoms with Crippen LogP contribution in [0.4, 0.5) is 5.69 Å². The van der Waals surface area contributed by atoms with Crippen molar-refractivity contribution in [2.24, 2.45) is 0 Å². The van der Waals surface area contributed by atoms with Gasteiger partial charge in [-0.25, -0.2) is 0 Å². The highest BCUT2D eigenvalue weighted by molar-refractivity contribution is 6.30. The molecule has 0 aliphatic carbocycles. The smallest absolute Gasteiger partial charge is 0.294 e. The minimum Gasteiger partial charge on any atom is -0.449 e. The molecule has 0 saturated heterocycles. The van der Waals surface area contributed by atoms with Crippen molar-refractivity contribution in [1.29, 1.82) is 0 Å². The molecule has 0 atom stereocenters. The van der Waals surface area contributed by atoms with Crippen molar-refractivity contribution < 1.29 is 14.3 Å². The molecule has 164 valence electrons. The molecule has 0 spiro atoms. The summed E-state index contributed by atoms with van der Waals surface area (Å²) in [6.07, 6.45) is 2.50. The Bertz CT molecular complexity index is 957. The summed E-state index contributed by atoms with van der Waals surface area (Å²) >= 11 is 6.05. The fourth-order valence-corrected chi connectivity index (χ4v) is 3.64. The Labute approximate surface area is 188 Å². The Morgan fingerprint density at radius 1 is 1.16 bits per heavy atom. The number of ether oxygens (including phenoxy) is 1. The Hall–Kier alpha value is -2.83. The molecule has 0 fully saturated rings. The molecular weight excluding hydrogens is 414 g/mol. The van der Waals surface area contributed by atoms with E-state index in [9.17, 15) is 9.59 Å². The van der Waals surface area contributed by atoms with Crippen LogP contribution in [0.2, 0.25) is 5.02 Å².